The fraction of sp³-hybridized carbons (Fsp3) is 0.229. The fourth-order valence-corrected chi connectivity index (χ4v) is 10.3. The number of carboxylic acid groups (broad SMARTS) is 1. The lowest BCUT2D eigenvalue weighted by atomic mass is 9.87. The monoisotopic (exact) mass is 912 g/mol. The van der Waals surface area contributed by atoms with E-state index in [9.17, 15) is 49.2 Å². The minimum Gasteiger partial charge on any atom is -0.743 e. The van der Waals surface area contributed by atoms with Gasteiger partial charge in [-0.3, -0.25) is 0 Å². The Morgan fingerprint density at radius 2 is 0.661 bits per heavy atom. The molecule has 6 aromatic rings. The van der Waals surface area contributed by atoms with Crippen LogP contribution in [0.4, 0.5) is 26.3 Å². The van der Waals surface area contributed by atoms with Crippen LogP contribution in [-0.4, -0.2) is 36.0 Å². The molecule has 0 aliphatic heterocycles. The Morgan fingerprint density at radius 3 is 0.855 bits per heavy atom. The summed E-state index contributed by atoms with van der Waals surface area (Å²) in [5, 5.41) is 2.68. The van der Waals surface area contributed by atoms with Crippen molar-refractivity contribution in [3.8, 4) is 0 Å². The molecule has 0 unspecified atom stereocenters. The molecule has 0 bridgehead atoms. The zero-order chi connectivity index (χ0) is 46.1. The number of hydrogen-bond acceptors (Lipinski definition) is 5. The number of alkyl halides is 6. The molecular weight excluding hydrogens is 867 g/mol. The van der Waals surface area contributed by atoms with Gasteiger partial charge in [-0.05, 0) is 94.8 Å². The van der Waals surface area contributed by atoms with Gasteiger partial charge in [-0.1, -0.05) is 139 Å². The van der Waals surface area contributed by atoms with Crippen molar-refractivity contribution in [2.75, 3.05) is 0 Å². The van der Waals surface area contributed by atoms with E-state index in [-0.39, 0.29) is 32.6 Å². The average Bonchev–Trinajstić information content (AvgIpc) is 3.22. The number of hydrogen-bond donors (Lipinski definition) is 0. The summed E-state index contributed by atoms with van der Waals surface area (Å²) in [7, 11) is -7.28. The molecule has 0 aromatic heterocycles. The number of benzene rings is 6. The normalized spacial score (nSPS) is 12.5. The lowest BCUT2D eigenvalue weighted by Gasteiger charge is -2.33. The van der Waals surface area contributed by atoms with Gasteiger partial charge in [0.25, 0.3) is 0 Å². The van der Waals surface area contributed by atoms with Gasteiger partial charge in [0.2, 0.25) is 0 Å². The number of halogens is 6. The van der Waals surface area contributed by atoms with Gasteiger partial charge in [0.05, 0.1) is 21.8 Å². The molecule has 6 rings (SSSR count). The fourth-order valence-electron chi connectivity index (χ4n) is 5.69. The molecule has 0 aliphatic carbocycles. The second-order valence-electron chi connectivity index (χ2n) is 15.8. The van der Waals surface area contributed by atoms with Gasteiger partial charge in [-0.2, -0.15) is 26.3 Å². The van der Waals surface area contributed by atoms with E-state index in [1.165, 1.54) is 40.5 Å². The number of rotatable bonds is 10. The second kappa shape index (κ2) is 20.0. The van der Waals surface area contributed by atoms with Gasteiger partial charge in [0.15, 0.2) is 39.5 Å². The van der Waals surface area contributed by atoms with E-state index < -0.39 is 33.2 Å². The Bertz CT molecular complexity index is 2230. The molecule has 0 aliphatic rings. The Morgan fingerprint density at radius 1 is 0.435 bits per heavy atom. The van der Waals surface area contributed by atoms with E-state index >= 15 is 0 Å². The topological polar surface area (TPSA) is 97.3 Å². The summed E-state index contributed by atoms with van der Waals surface area (Å²) < 4.78 is 102. The van der Waals surface area contributed by atoms with Gasteiger partial charge in [-0.15, -0.1) is 0 Å². The highest BCUT2D eigenvalue weighted by Gasteiger charge is 2.75. The van der Waals surface area contributed by atoms with Crippen molar-refractivity contribution < 1.29 is 49.2 Å². The van der Waals surface area contributed by atoms with Crippen LogP contribution in [0.25, 0.3) is 0 Å². The second-order valence-corrected chi connectivity index (χ2v) is 21.3. The van der Waals surface area contributed by atoms with Crippen molar-refractivity contribution >= 4 is 37.9 Å². The molecule has 0 heterocycles. The first kappa shape index (κ1) is 49.6. The maximum Gasteiger partial charge on any atom is 0.402 e. The maximum atomic E-state index is 12.2. The van der Waals surface area contributed by atoms with Crippen LogP contribution in [0.5, 0.6) is 0 Å². The summed E-state index contributed by atoms with van der Waals surface area (Å²) >= 11 is 0. The summed E-state index contributed by atoms with van der Waals surface area (Å²) in [5.74, 6) is -17.4. The number of carbonyl (C=O) groups excluding carboxylic acids is 1. The van der Waals surface area contributed by atoms with E-state index in [0.29, 0.717) is 0 Å². The van der Waals surface area contributed by atoms with E-state index in [1.54, 1.807) is 0 Å². The molecule has 0 spiro atoms. The smallest absolute Gasteiger partial charge is 0.402 e. The highest BCUT2D eigenvalue weighted by Crippen LogP contribution is 2.48. The Hall–Kier alpha value is -5.02. The van der Waals surface area contributed by atoms with Crippen molar-refractivity contribution in [1.29, 1.82) is 0 Å². The number of carboxylic acids is 1. The van der Waals surface area contributed by atoms with Crippen LogP contribution >= 0.6 is 0 Å². The third kappa shape index (κ3) is 11.9. The Balaban J connectivity index is 0.000000209. The molecule has 0 fully saturated rings. The van der Waals surface area contributed by atoms with Crippen LogP contribution in [0.15, 0.2) is 199 Å². The molecule has 328 valence electrons. The third-order valence-corrected chi connectivity index (χ3v) is 14.5. The maximum absolute atomic E-state index is 12.2. The third-order valence-electron chi connectivity index (χ3n) is 9.16. The van der Waals surface area contributed by atoms with Crippen LogP contribution in [0.2, 0.25) is 0 Å². The summed E-state index contributed by atoms with van der Waals surface area (Å²) in [5.41, 5.74) is 3.14. The van der Waals surface area contributed by atoms with Crippen molar-refractivity contribution in [2.45, 2.75) is 98.8 Å². The van der Waals surface area contributed by atoms with Crippen LogP contribution in [0.3, 0.4) is 0 Å². The molecule has 0 atom stereocenters. The first-order valence-electron chi connectivity index (χ1n) is 19.0. The van der Waals surface area contributed by atoms with E-state index in [4.69, 9.17) is 0 Å². The largest absolute Gasteiger partial charge is 0.743 e. The van der Waals surface area contributed by atoms with Crippen molar-refractivity contribution in [3.63, 3.8) is 0 Å². The number of aliphatic carboxylic acids is 1. The first-order valence-corrected chi connectivity index (χ1v) is 22.9. The van der Waals surface area contributed by atoms with Crippen LogP contribution < -0.4 is 5.11 Å². The van der Waals surface area contributed by atoms with Crippen LogP contribution in [0, 0.1) is 0 Å². The summed E-state index contributed by atoms with van der Waals surface area (Å²) in [6, 6.07) is 61.5. The van der Waals surface area contributed by atoms with Crippen molar-refractivity contribution in [1.82, 2.24) is 0 Å². The van der Waals surface area contributed by atoms with Gasteiger partial charge in [-0.25, -0.2) is 8.42 Å². The van der Waals surface area contributed by atoms with Gasteiger partial charge < -0.3 is 14.5 Å². The molecule has 0 saturated heterocycles. The molecule has 5 nitrogen and oxygen atoms in total. The summed E-state index contributed by atoms with van der Waals surface area (Å²) in [6.07, 6.45) is 0. The molecule has 0 radical (unpaired) electrons. The van der Waals surface area contributed by atoms with Gasteiger partial charge >= 0.3 is 17.1 Å². The zero-order valence-corrected chi connectivity index (χ0v) is 37.1. The molecule has 0 N–H and O–H groups in total. The molecule has 14 heteroatoms. The summed E-state index contributed by atoms with van der Waals surface area (Å²) in [6.45, 7) is 13.6. The molecule has 0 saturated carbocycles. The summed E-state index contributed by atoms with van der Waals surface area (Å²) in [4.78, 5) is 17.7. The van der Waals surface area contributed by atoms with Crippen molar-refractivity contribution in [2.24, 2.45) is 0 Å². The quantitative estimate of drug-likeness (QED) is 0.0775. The average molecular weight is 913 g/mol. The standard InChI is InChI=1S/2C22H23S.C4H2F6O5S/c2*1-22(2,3)18-14-16-21(17-15-18)23(19-10-6-4-7-11-19)20-12-8-5-9-13-20;5-2(6,1(11)12)3(7,8)4(9,10)16(13,14)15/h2*4-17H,1-3H3;(H,11,12)(H,13,14,15)/q2*+1;/p-2. The van der Waals surface area contributed by atoms with Crippen LogP contribution in [0.1, 0.15) is 52.7 Å². The molecule has 0 amide bonds. The lowest BCUT2D eigenvalue weighted by Crippen LogP contribution is -2.63. The molecule has 62 heavy (non-hydrogen) atoms. The van der Waals surface area contributed by atoms with Crippen molar-refractivity contribution in [3.05, 3.63) is 181 Å². The van der Waals surface area contributed by atoms with E-state index in [0.717, 1.165) is 0 Å². The number of carbonyl (C=O) groups is 1. The lowest BCUT2D eigenvalue weighted by molar-refractivity contribution is -0.361. The predicted molar refractivity (Wildman–Crippen MR) is 230 cm³/mol. The zero-order valence-electron chi connectivity index (χ0n) is 34.7. The predicted octanol–water partition coefficient (Wildman–Crippen LogP) is 11.3. The highest BCUT2D eigenvalue weighted by molar-refractivity contribution is 7.97. The van der Waals surface area contributed by atoms with E-state index in [2.05, 4.69) is 211 Å². The first-order chi connectivity index (χ1) is 28.8. The van der Waals surface area contributed by atoms with Crippen LogP contribution in [-0.2, 0) is 47.5 Å². The minimum absolute atomic E-state index is 0.0497. The van der Waals surface area contributed by atoms with Gasteiger partial charge in [0.1, 0.15) is 5.97 Å². The Kier molecular flexibility index (Phi) is 16.0. The highest BCUT2D eigenvalue weighted by atomic mass is 32.2. The molecular formula is C48H46F6O5S3. The minimum atomic E-state index is -7.18. The van der Waals surface area contributed by atoms with Gasteiger partial charge in [0, 0.05) is 0 Å². The Labute approximate surface area is 365 Å². The SMILES string of the molecule is CC(C)(C)c1ccc([S+](c2ccccc2)c2ccccc2)cc1.CC(C)(C)c1ccc([S+](c2ccccc2)c2ccccc2)cc1.O=C([O-])C(F)(F)C(F)(F)C(F)(F)S(=O)(=O)[O-]. The van der Waals surface area contributed by atoms with E-state index in [1.807, 2.05) is 0 Å². The molecule has 6 aromatic carbocycles.